The van der Waals surface area contributed by atoms with E-state index in [4.69, 9.17) is 0 Å². The molecule has 0 spiro atoms. The highest BCUT2D eigenvalue weighted by Crippen LogP contribution is 2.35. The van der Waals surface area contributed by atoms with E-state index in [-0.39, 0.29) is 23.9 Å². The summed E-state index contributed by atoms with van der Waals surface area (Å²) in [5.74, 6) is -0.0763. The summed E-state index contributed by atoms with van der Waals surface area (Å²) in [6.07, 6.45) is -1.90. The predicted molar refractivity (Wildman–Crippen MR) is 142 cm³/mol. The van der Waals surface area contributed by atoms with Crippen molar-refractivity contribution in [2.24, 2.45) is 0 Å². The summed E-state index contributed by atoms with van der Waals surface area (Å²) < 4.78 is 40.2. The van der Waals surface area contributed by atoms with E-state index in [0.29, 0.717) is 47.2 Å². The van der Waals surface area contributed by atoms with Gasteiger partial charge >= 0.3 is 6.18 Å². The van der Waals surface area contributed by atoms with Gasteiger partial charge in [0.1, 0.15) is 0 Å². The molecule has 2 aromatic carbocycles. The maximum atomic E-state index is 13.1. The molecule has 1 N–H and O–H groups in total. The Morgan fingerprint density at radius 3 is 2.50 bits per heavy atom. The maximum Gasteiger partial charge on any atom is 0.416 e. The lowest BCUT2D eigenvalue weighted by Gasteiger charge is -2.40. The number of thiophene rings is 1. The van der Waals surface area contributed by atoms with Crippen LogP contribution in [0, 0.1) is 0 Å². The lowest BCUT2D eigenvalue weighted by molar-refractivity contribution is -0.137. The molecular weight excluding hydrogens is 533 g/mol. The third kappa shape index (κ3) is 4.93. The van der Waals surface area contributed by atoms with Crippen LogP contribution in [0.1, 0.15) is 31.5 Å². The minimum absolute atomic E-state index is 0.0318. The second kappa shape index (κ2) is 9.79. The summed E-state index contributed by atoms with van der Waals surface area (Å²) >= 11 is 2.70. The molecule has 0 unspecified atom stereocenters. The fourth-order valence-corrected chi connectivity index (χ4v) is 6.65. The zero-order valence-electron chi connectivity index (χ0n) is 20.1. The minimum atomic E-state index is -4.40. The monoisotopic (exact) mass is 556 g/mol. The van der Waals surface area contributed by atoms with Gasteiger partial charge < -0.3 is 15.1 Å². The van der Waals surface area contributed by atoms with Gasteiger partial charge in [0, 0.05) is 54.5 Å². The highest BCUT2D eigenvalue weighted by atomic mass is 32.1. The number of likely N-dealkylation sites (tertiary alicyclic amines) is 2. The number of hydrogen-bond acceptors (Lipinski definition) is 6. The third-order valence-electron chi connectivity index (χ3n) is 6.98. The average Bonchev–Trinajstić information content (AvgIpc) is 3.65. The molecule has 11 heteroatoms. The summed E-state index contributed by atoms with van der Waals surface area (Å²) in [7, 11) is 0. The van der Waals surface area contributed by atoms with E-state index in [9.17, 15) is 22.8 Å². The Kier molecular flexibility index (Phi) is 6.45. The maximum absolute atomic E-state index is 13.1. The Morgan fingerprint density at radius 2 is 1.74 bits per heavy atom. The van der Waals surface area contributed by atoms with Crippen LogP contribution in [0.25, 0.3) is 21.2 Å². The molecule has 2 aromatic heterocycles. The van der Waals surface area contributed by atoms with Crippen LogP contribution >= 0.6 is 22.7 Å². The van der Waals surface area contributed by atoms with Gasteiger partial charge in [0.15, 0.2) is 5.01 Å². The summed E-state index contributed by atoms with van der Waals surface area (Å²) in [4.78, 5) is 33.9. The molecule has 38 heavy (non-hydrogen) atoms. The summed E-state index contributed by atoms with van der Waals surface area (Å²) in [6.45, 7) is 2.52. The first-order valence-corrected chi connectivity index (χ1v) is 13.9. The lowest BCUT2D eigenvalue weighted by Crippen LogP contribution is -2.61. The van der Waals surface area contributed by atoms with Gasteiger partial charge in [0.2, 0.25) is 0 Å². The normalized spacial score (nSPS) is 18.2. The fourth-order valence-electron chi connectivity index (χ4n) is 4.98. The standard InChI is InChI=1S/C27H23F3N4O2S2/c28-27(29,30)19-3-1-2-16(10-19)17-4-5-18-12-23(38-22(18)11-17)25(35)34-14-21(15-34)32-20-6-8-33(13-20)26(36)24-31-7-9-37-24/h1-5,7,9-12,20-21,32H,6,8,13-15H2/t20-/m0/s1. The fraction of sp³-hybridized carbons (Fsp3) is 0.296. The number of carbonyl (C=O) groups excluding carboxylic acids is 2. The molecule has 196 valence electrons. The first-order chi connectivity index (χ1) is 18.2. The lowest BCUT2D eigenvalue weighted by atomic mass is 10.0. The Bertz CT molecular complexity index is 1500. The molecular formula is C27H23F3N4O2S2. The number of amides is 2. The van der Waals surface area contributed by atoms with Crippen molar-refractivity contribution in [3.8, 4) is 11.1 Å². The van der Waals surface area contributed by atoms with Crippen LogP contribution in [-0.4, -0.2) is 64.9 Å². The van der Waals surface area contributed by atoms with Gasteiger partial charge in [0.05, 0.1) is 10.4 Å². The molecule has 4 aromatic rings. The van der Waals surface area contributed by atoms with Crippen molar-refractivity contribution in [3.63, 3.8) is 0 Å². The summed E-state index contributed by atoms with van der Waals surface area (Å²) in [6, 6.07) is 13.0. The number of alkyl halides is 3. The number of fused-ring (bicyclic) bond motifs is 1. The minimum Gasteiger partial charge on any atom is -0.335 e. The zero-order valence-corrected chi connectivity index (χ0v) is 21.7. The second-order valence-corrected chi connectivity index (χ2v) is 11.6. The SMILES string of the molecule is O=C(c1cc2ccc(-c3cccc(C(F)(F)F)c3)cc2s1)N1CC(N[C@H]2CCN(C(=O)c3nccs3)C2)C1. The number of benzene rings is 2. The van der Waals surface area contributed by atoms with E-state index >= 15 is 0 Å². The highest BCUT2D eigenvalue weighted by Gasteiger charge is 2.36. The topological polar surface area (TPSA) is 65.5 Å². The molecule has 0 saturated carbocycles. The number of thiazole rings is 1. The van der Waals surface area contributed by atoms with Crippen LogP contribution in [0.4, 0.5) is 13.2 Å². The van der Waals surface area contributed by atoms with Crippen LogP contribution in [0.2, 0.25) is 0 Å². The van der Waals surface area contributed by atoms with Crippen molar-refractivity contribution in [2.75, 3.05) is 26.2 Å². The van der Waals surface area contributed by atoms with E-state index in [1.165, 1.54) is 28.7 Å². The van der Waals surface area contributed by atoms with Gasteiger partial charge in [-0.3, -0.25) is 9.59 Å². The Hall–Kier alpha value is -3.28. The molecule has 2 aliphatic rings. The summed E-state index contributed by atoms with van der Waals surface area (Å²) in [5.41, 5.74) is 0.477. The van der Waals surface area contributed by atoms with Crippen LogP contribution in [-0.2, 0) is 6.18 Å². The van der Waals surface area contributed by atoms with Gasteiger partial charge in [-0.2, -0.15) is 13.2 Å². The van der Waals surface area contributed by atoms with E-state index in [1.54, 1.807) is 28.6 Å². The van der Waals surface area contributed by atoms with Crippen molar-refractivity contribution in [2.45, 2.75) is 24.7 Å². The van der Waals surface area contributed by atoms with Crippen molar-refractivity contribution in [3.05, 3.63) is 75.6 Å². The van der Waals surface area contributed by atoms with Gasteiger partial charge in [-0.25, -0.2) is 4.98 Å². The average molecular weight is 557 g/mol. The van der Waals surface area contributed by atoms with E-state index < -0.39 is 11.7 Å². The van der Waals surface area contributed by atoms with Crippen molar-refractivity contribution >= 4 is 44.6 Å². The Balaban J connectivity index is 1.06. The number of carbonyl (C=O) groups is 2. The van der Waals surface area contributed by atoms with E-state index in [2.05, 4.69) is 10.3 Å². The predicted octanol–water partition coefficient (Wildman–Crippen LogP) is 5.37. The van der Waals surface area contributed by atoms with E-state index in [1.807, 2.05) is 23.1 Å². The molecule has 2 amide bonds. The zero-order chi connectivity index (χ0) is 26.4. The summed E-state index contributed by atoms with van der Waals surface area (Å²) in [5, 5.41) is 6.76. The molecule has 4 heterocycles. The number of halogens is 3. The van der Waals surface area contributed by atoms with Crippen molar-refractivity contribution in [1.29, 1.82) is 0 Å². The van der Waals surface area contributed by atoms with Crippen LogP contribution in [0.15, 0.2) is 60.1 Å². The Labute approximate surface area is 224 Å². The largest absolute Gasteiger partial charge is 0.416 e. The van der Waals surface area contributed by atoms with Gasteiger partial charge in [-0.15, -0.1) is 22.7 Å². The number of aromatic nitrogens is 1. The number of rotatable bonds is 5. The molecule has 0 bridgehead atoms. The molecule has 2 saturated heterocycles. The van der Waals surface area contributed by atoms with Crippen LogP contribution in [0.3, 0.4) is 0 Å². The van der Waals surface area contributed by atoms with Crippen molar-refractivity contribution in [1.82, 2.24) is 20.1 Å². The quantitative estimate of drug-likeness (QED) is 0.359. The number of hydrogen-bond donors (Lipinski definition) is 1. The first-order valence-electron chi connectivity index (χ1n) is 12.2. The smallest absolute Gasteiger partial charge is 0.335 e. The molecule has 6 rings (SSSR count). The van der Waals surface area contributed by atoms with Gasteiger partial charge in [-0.05, 0) is 47.2 Å². The second-order valence-electron chi connectivity index (χ2n) is 9.59. The number of nitrogens with one attached hydrogen (secondary N) is 1. The number of nitrogens with zero attached hydrogens (tertiary/aromatic N) is 3. The van der Waals surface area contributed by atoms with Gasteiger partial charge in [-0.1, -0.05) is 24.3 Å². The van der Waals surface area contributed by atoms with Crippen molar-refractivity contribution < 1.29 is 22.8 Å². The third-order valence-corrected chi connectivity index (χ3v) is 8.83. The highest BCUT2D eigenvalue weighted by molar-refractivity contribution is 7.20. The first kappa shape index (κ1) is 25.0. The van der Waals surface area contributed by atoms with E-state index in [0.717, 1.165) is 28.6 Å². The molecule has 0 radical (unpaired) electrons. The molecule has 2 aliphatic heterocycles. The molecule has 1 atom stereocenters. The van der Waals surface area contributed by atoms with Crippen LogP contribution in [0.5, 0.6) is 0 Å². The van der Waals surface area contributed by atoms with Crippen LogP contribution < -0.4 is 5.32 Å². The van der Waals surface area contributed by atoms with Gasteiger partial charge in [0.25, 0.3) is 11.8 Å². The molecule has 0 aliphatic carbocycles. The Morgan fingerprint density at radius 1 is 0.947 bits per heavy atom. The molecule has 2 fully saturated rings. The molecule has 6 nitrogen and oxygen atoms in total.